The zero-order valence-corrected chi connectivity index (χ0v) is 16.9. The number of hydrogen-bond acceptors (Lipinski definition) is 3. The molecule has 0 fully saturated rings. The van der Waals surface area contributed by atoms with E-state index in [2.05, 4.69) is 9.97 Å². The molecule has 0 spiro atoms. The third-order valence-electron chi connectivity index (χ3n) is 5.46. The third kappa shape index (κ3) is 2.35. The van der Waals surface area contributed by atoms with Crippen molar-refractivity contribution < 1.29 is 4.42 Å². The number of hydrogen-bond donors (Lipinski definition) is 1. The normalized spacial score (nSPS) is 11.8. The molecule has 0 radical (unpaired) electrons. The Hall–Kier alpha value is -3.34. The van der Waals surface area contributed by atoms with Gasteiger partial charge in [-0.2, -0.15) is 0 Å². The van der Waals surface area contributed by atoms with Crippen LogP contribution in [0.4, 0.5) is 0 Å². The second-order valence-corrected chi connectivity index (χ2v) is 7.92. The zero-order valence-electron chi connectivity index (χ0n) is 15.4. The molecule has 6 rings (SSSR count). The van der Waals surface area contributed by atoms with Crippen LogP contribution in [0.25, 0.3) is 54.8 Å². The highest BCUT2D eigenvalue weighted by molar-refractivity contribution is 6.41. The molecule has 0 amide bonds. The molecule has 3 aromatic carbocycles. The van der Waals surface area contributed by atoms with Crippen LogP contribution in [0.5, 0.6) is 0 Å². The molecule has 4 nitrogen and oxygen atoms in total. The molecule has 0 aliphatic carbocycles. The molecule has 0 atom stereocenters. The van der Waals surface area contributed by atoms with E-state index in [1.807, 2.05) is 36.4 Å². The van der Waals surface area contributed by atoms with Gasteiger partial charge < -0.3 is 9.40 Å². The molecular weight excluding hydrogens is 419 g/mol. The molecule has 3 heterocycles. The van der Waals surface area contributed by atoms with Crippen molar-refractivity contribution >= 4 is 66.9 Å². The van der Waals surface area contributed by atoms with Crippen molar-refractivity contribution in [3.8, 4) is 11.1 Å². The maximum atomic E-state index is 13.2. The van der Waals surface area contributed by atoms with Gasteiger partial charge in [0.1, 0.15) is 5.58 Å². The van der Waals surface area contributed by atoms with Gasteiger partial charge in [-0.05, 0) is 30.3 Å². The fourth-order valence-electron chi connectivity index (χ4n) is 4.17. The number of pyridine rings is 1. The lowest BCUT2D eigenvalue weighted by Gasteiger charge is -2.15. The van der Waals surface area contributed by atoms with Crippen molar-refractivity contribution in [2.24, 2.45) is 0 Å². The number of fused-ring (bicyclic) bond motifs is 6. The van der Waals surface area contributed by atoms with Gasteiger partial charge in [0.2, 0.25) is 0 Å². The fraction of sp³-hybridized carbons (Fsp3) is 0. The van der Waals surface area contributed by atoms with Gasteiger partial charge in [-0.3, -0.25) is 4.98 Å². The highest BCUT2D eigenvalue weighted by Gasteiger charge is 2.21. The van der Waals surface area contributed by atoms with E-state index in [1.165, 1.54) is 0 Å². The van der Waals surface area contributed by atoms with Gasteiger partial charge in [-0.25, -0.2) is 4.79 Å². The Morgan fingerprint density at radius 3 is 2.43 bits per heavy atom. The van der Waals surface area contributed by atoms with Crippen LogP contribution in [0.15, 0.2) is 76.1 Å². The first-order chi connectivity index (χ1) is 14.6. The van der Waals surface area contributed by atoms with E-state index in [1.54, 1.807) is 30.5 Å². The van der Waals surface area contributed by atoms with Gasteiger partial charge in [-0.15, -0.1) is 0 Å². The highest BCUT2D eigenvalue weighted by atomic mass is 35.5. The van der Waals surface area contributed by atoms with E-state index in [9.17, 15) is 4.79 Å². The van der Waals surface area contributed by atoms with E-state index in [-0.39, 0.29) is 0 Å². The Balaban J connectivity index is 1.99. The summed E-state index contributed by atoms with van der Waals surface area (Å²) in [6, 6.07) is 18.6. The van der Waals surface area contributed by atoms with Crippen molar-refractivity contribution in [1.82, 2.24) is 9.97 Å². The van der Waals surface area contributed by atoms with Crippen LogP contribution in [0.3, 0.4) is 0 Å². The summed E-state index contributed by atoms with van der Waals surface area (Å²) in [6.45, 7) is 0. The standard InChI is InChI=1S/C24H12Cl2N2O2/c25-15-5-3-6-16(26)19(15)18-14-9-8-12-10-11-27-21(12)23(14)28-22-13-4-1-2-7-17(13)30-24(29)20(18)22/h1-11,28H. The SMILES string of the molecule is O=c1oc2ccccc2c2[nH]c3c(ccc4ccnc43)c(-c3c(Cl)cccc3Cl)c12. The molecule has 0 aliphatic heterocycles. The number of aromatic amines is 1. The Morgan fingerprint density at radius 2 is 1.60 bits per heavy atom. The third-order valence-corrected chi connectivity index (χ3v) is 6.09. The maximum Gasteiger partial charge on any atom is 0.346 e. The van der Waals surface area contributed by atoms with E-state index in [0.29, 0.717) is 37.7 Å². The summed E-state index contributed by atoms with van der Waals surface area (Å²) in [5.74, 6) is 0. The Morgan fingerprint density at radius 1 is 0.800 bits per heavy atom. The van der Waals surface area contributed by atoms with Gasteiger partial charge in [0.25, 0.3) is 0 Å². The van der Waals surface area contributed by atoms with Crippen LogP contribution in [-0.2, 0) is 0 Å². The summed E-state index contributed by atoms with van der Waals surface area (Å²) in [5, 5.41) is 3.91. The van der Waals surface area contributed by atoms with Crippen LogP contribution < -0.4 is 5.63 Å². The number of nitrogens with one attached hydrogen (secondary N) is 1. The largest absolute Gasteiger partial charge is 0.422 e. The topological polar surface area (TPSA) is 58.9 Å². The smallest absolute Gasteiger partial charge is 0.346 e. The quantitative estimate of drug-likeness (QED) is 0.174. The number of benzene rings is 3. The number of nitrogens with zero attached hydrogens (tertiary/aromatic N) is 1. The molecule has 0 saturated carbocycles. The van der Waals surface area contributed by atoms with Gasteiger partial charge in [0.05, 0.1) is 21.9 Å². The summed E-state index contributed by atoms with van der Waals surface area (Å²) >= 11 is 13.2. The zero-order chi connectivity index (χ0) is 20.4. The summed E-state index contributed by atoms with van der Waals surface area (Å²) in [6.07, 6.45) is 1.77. The predicted molar refractivity (Wildman–Crippen MR) is 123 cm³/mol. The monoisotopic (exact) mass is 430 g/mol. The molecule has 30 heavy (non-hydrogen) atoms. The number of rotatable bonds is 1. The first-order valence-corrected chi connectivity index (χ1v) is 10.1. The van der Waals surface area contributed by atoms with Crippen LogP contribution in [-0.4, -0.2) is 9.97 Å². The molecule has 0 unspecified atom stereocenters. The Kier molecular flexibility index (Phi) is 3.69. The van der Waals surface area contributed by atoms with Gasteiger partial charge in [0.15, 0.2) is 0 Å². The second kappa shape index (κ2) is 6.33. The molecular formula is C24H12Cl2N2O2. The number of para-hydroxylation sites is 1. The van der Waals surface area contributed by atoms with Crippen molar-refractivity contribution in [3.63, 3.8) is 0 Å². The lowest BCUT2D eigenvalue weighted by atomic mass is 9.95. The molecule has 3 aromatic heterocycles. The van der Waals surface area contributed by atoms with E-state index < -0.39 is 5.63 Å². The Bertz CT molecular complexity index is 1680. The van der Waals surface area contributed by atoms with Crippen LogP contribution in [0.2, 0.25) is 10.0 Å². The van der Waals surface area contributed by atoms with Crippen molar-refractivity contribution in [2.45, 2.75) is 0 Å². The van der Waals surface area contributed by atoms with Gasteiger partial charge in [-0.1, -0.05) is 53.5 Å². The second-order valence-electron chi connectivity index (χ2n) is 7.10. The van der Waals surface area contributed by atoms with E-state index >= 15 is 0 Å². The number of halogens is 2. The molecule has 0 aliphatic rings. The van der Waals surface area contributed by atoms with E-state index in [0.717, 1.165) is 27.2 Å². The fourth-order valence-corrected chi connectivity index (χ4v) is 4.76. The van der Waals surface area contributed by atoms with Crippen molar-refractivity contribution in [2.75, 3.05) is 0 Å². The number of H-pyrrole nitrogens is 1. The van der Waals surface area contributed by atoms with Crippen molar-refractivity contribution in [1.29, 1.82) is 0 Å². The molecule has 6 aromatic rings. The minimum atomic E-state index is -0.455. The van der Waals surface area contributed by atoms with Crippen LogP contribution in [0, 0.1) is 0 Å². The first-order valence-electron chi connectivity index (χ1n) is 9.33. The summed E-state index contributed by atoms with van der Waals surface area (Å²) in [4.78, 5) is 21.2. The van der Waals surface area contributed by atoms with Crippen LogP contribution in [0.1, 0.15) is 0 Å². The average Bonchev–Trinajstić information content (AvgIpc) is 3.22. The first kappa shape index (κ1) is 17.5. The minimum absolute atomic E-state index is 0.405. The summed E-state index contributed by atoms with van der Waals surface area (Å²) < 4.78 is 5.66. The minimum Gasteiger partial charge on any atom is -0.422 e. The lowest BCUT2D eigenvalue weighted by Crippen LogP contribution is -2.05. The molecule has 6 heteroatoms. The summed E-state index contributed by atoms with van der Waals surface area (Å²) in [7, 11) is 0. The molecule has 144 valence electrons. The lowest BCUT2D eigenvalue weighted by molar-refractivity contribution is 0.569. The molecule has 0 saturated heterocycles. The van der Waals surface area contributed by atoms with Gasteiger partial charge in [0, 0.05) is 43.5 Å². The van der Waals surface area contributed by atoms with Crippen LogP contribution >= 0.6 is 23.2 Å². The maximum absolute atomic E-state index is 13.2. The summed E-state index contributed by atoms with van der Waals surface area (Å²) in [5.41, 5.74) is 3.57. The van der Waals surface area contributed by atoms with Gasteiger partial charge >= 0.3 is 5.63 Å². The number of aromatic nitrogens is 2. The van der Waals surface area contributed by atoms with E-state index in [4.69, 9.17) is 27.6 Å². The predicted octanol–water partition coefficient (Wildman–Crippen LogP) is 6.95. The molecule has 0 bridgehead atoms. The molecule has 1 N–H and O–H groups in total. The average molecular weight is 431 g/mol. The van der Waals surface area contributed by atoms with Crippen molar-refractivity contribution in [3.05, 3.63) is 87.3 Å². The highest BCUT2D eigenvalue weighted by Crippen LogP contribution is 2.43. The Labute approximate surface area is 179 Å².